The van der Waals surface area contributed by atoms with Crippen LogP contribution in [0.3, 0.4) is 0 Å². The lowest BCUT2D eigenvalue weighted by Crippen LogP contribution is -2.03. The van der Waals surface area contributed by atoms with Gasteiger partial charge in [0, 0.05) is 27.1 Å². The maximum atomic E-state index is 12.1. The quantitative estimate of drug-likeness (QED) is 0.770. The smallest absolute Gasteiger partial charge is 0.256 e. The number of rotatable bonds is 1. The number of anilines is 1. The molecule has 0 fully saturated rings. The van der Waals surface area contributed by atoms with Gasteiger partial charge in [0.25, 0.3) is 5.91 Å². The van der Waals surface area contributed by atoms with Gasteiger partial charge in [0.1, 0.15) is 0 Å². The van der Waals surface area contributed by atoms with E-state index < -0.39 is 0 Å². The Bertz CT molecular complexity index is 713. The monoisotopic (exact) mass is 316 g/mol. The number of H-pyrrole nitrogens is 1. The first kappa shape index (κ1) is 12.2. The molecule has 0 atom stereocenters. The molecule has 3 nitrogen and oxygen atoms in total. The minimum atomic E-state index is -0.0558. The van der Waals surface area contributed by atoms with E-state index >= 15 is 0 Å². The molecule has 1 amide bonds. The Kier molecular flexibility index (Phi) is 2.82. The largest absolute Gasteiger partial charge is 0.359 e. The van der Waals surface area contributed by atoms with E-state index in [4.69, 9.17) is 0 Å². The summed E-state index contributed by atoms with van der Waals surface area (Å²) in [6.07, 6.45) is 1.91. The highest BCUT2D eigenvalue weighted by molar-refractivity contribution is 9.10. The van der Waals surface area contributed by atoms with Gasteiger partial charge in [0.15, 0.2) is 0 Å². The average Bonchev–Trinajstić information content (AvgIpc) is 2.81. The van der Waals surface area contributed by atoms with Crippen molar-refractivity contribution < 1.29 is 4.79 Å². The number of halogens is 1. The predicted octanol–water partition coefficient (Wildman–Crippen LogP) is 3.89. The molecule has 0 saturated carbocycles. The average molecular weight is 317 g/mol. The van der Waals surface area contributed by atoms with Crippen LogP contribution in [-0.4, -0.2) is 10.9 Å². The van der Waals surface area contributed by atoms with Gasteiger partial charge in [0.05, 0.1) is 5.57 Å². The zero-order chi connectivity index (χ0) is 13.6. The number of hydrogen-bond donors (Lipinski definition) is 2. The van der Waals surface area contributed by atoms with Crippen LogP contribution in [0.25, 0.3) is 11.6 Å². The Morgan fingerprint density at radius 1 is 1.21 bits per heavy atom. The number of carbonyl (C=O) groups is 1. The van der Waals surface area contributed by atoms with Crippen LogP contribution in [0.5, 0.6) is 0 Å². The van der Waals surface area contributed by atoms with Crippen molar-refractivity contribution in [1.29, 1.82) is 0 Å². The molecule has 0 spiro atoms. The first-order valence-corrected chi connectivity index (χ1v) is 6.83. The first-order chi connectivity index (χ1) is 9.04. The third kappa shape index (κ3) is 2.12. The summed E-state index contributed by atoms with van der Waals surface area (Å²) in [6, 6.07) is 7.86. The fourth-order valence-corrected chi connectivity index (χ4v) is 2.71. The molecule has 0 unspecified atom stereocenters. The van der Waals surface area contributed by atoms with Gasteiger partial charge in [-0.15, -0.1) is 0 Å². The number of amides is 1. The van der Waals surface area contributed by atoms with Crippen molar-refractivity contribution >= 4 is 39.2 Å². The molecule has 1 aromatic carbocycles. The minimum absolute atomic E-state index is 0.0558. The van der Waals surface area contributed by atoms with Crippen molar-refractivity contribution in [2.45, 2.75) is 13.8 Å². The number of aromatic amines is 1. The van der Waals surface area contributed by atoms with E-state index in [0.717, 1.165) is 32.7 Å². The van der Waals surface area contributed by atoms with Crippen LogP contribution in [0, 0.1) is 13.8 Å². The minimum Gasteiger partial charge on any atom is -0.359 e. The SMILES string of the molecule is Cc1cc(C)c(C=C2C(=O)Nc3ccc(Br)cc32)[nH]1. The summed E-state index contributed by atoms with van der Waals surface area (Å²) in [4.78, 5) is 15.3. The second-order valence-corrected chi connectivity index (χ2v) is 5.67. The van der Waals surface area contributed by atoms with E-state index in [0.29, 0.717) is 5.57 Å². The summed E-state index contributed by atoms with van der Waals surface area (Å²) >= 11 is 3.44. The maximum absolute atomic E-state index is 12.1. The van der Waals surface area contributed by atoms with Crippen molar-refractivity contribution in [3.63, 3.8) is 0 Å². The van der Waals surface area contributed by atoms with Crippen molar-refractivity contribution in [3.05, 3.63) is 51.3 Å². The Balaban J connectivity index is 2.14. The fraction of sp³-hybridized carbons (Fsp3) is 0.133. The summed E-state index contributed by atoms with van der Waals surface area (Å²) in [5, 5.41) is 2.88. The number of hydrogen-bond acceptors (Lipinski definition) is 1. The van der Waals surface area contributed by atoms with Crippen LogP contribution in [-0.2, 0) is 4.79 Å². The number of aryl methyl sites for hydroxylation is 2. The first-order valence-electron chi connectivity index (χ1n) is 6.04. The van der Waals surface area contributed by atoms with Crippen LogP contribution < -0.4 is 5.32 Å². The second-order valence-electron chi connectivity index (χ2n) is 4.75. The lowest BCUT2D eigenvalue weighted by Gasteiger charge is -1.99. The highest BCUT2D eigenvalue weighted by Crippen LogP contribution is 2.35. The number of fused-ring (bicyclic) bond motifs is 1. The zero-order valence-corrected chi connectivity index (χ0v) is 12.3. The third-order valence-corrected chi connectivity index (χ3v) is 3.74. The van der Waals surface area contributed by atoms with Gasteiger partial charge in [-0.05, 0) is 49.8 Å². The highest BCUT2D eigenvalue weighted by Gasteiger charge is 2.24. The predicted molar refractivity (Wildman–Crippen MR) is 80.9 cm³/mol. The third-order valence-electron chi connectivity index (χ3n) is 3.24. The molecule has 1 aliphatic heterocycles. The van der Waals surface area contributed by atoms with E-state index in [2.05, 4.69) is 32.3 Å². The molecule has 4 heteroatoms. The molecule has 19 heavy (non-hydrogen) atoms. The Hall–Kier alpha value is -1.81. The summed E-state index contributed by atoms with van der Waals surface area (Å²) < 4.78 is 0.966. The van der Waals surface area contributed by atoms with E-state index in [9.17, 15) is 4.79 Å². The van der Waals surface area contributed by atoms with Crippen molar-refractivity contribution in [2.75, 3.05) is 5.32 Å². The van der Waals surface area contributed by atoms with Crippen LogP contribution >= 0.6 is 15.9 Å². The zero-order valence-electron chi connectivity index (χ0n) is 10.7. The van der Waals surface area contributed by atoms with Gasteiger partial charge in [-0.1, -0.05) is 15.9 Å². The van der Waals surface area contributed by atoms with Gasteiger partial charge in [-0.25, -0.2) is 0 Å². The highest BCUT2D eigenvalue weighted by atomic mass is 79.9. The number of benzene rings is 1. The van der Waals surface area contributed by atoms with Crippen LogP contribution in [0.1, 0.15) is 22.5 Å². The van der Waals surface area contributed by atoms with Gasteiger partial charge in [0.2, 0.25) is 0 Å². The van der Waals surface area contributed by atoms with E-state index in [-0.39, 0.29) is 5.91 Å². The Morgan fingerprint density at radius 2 is 2.00 bits per heavy atom. The number of nitrogens with one attached hydrogen (secondary N) is 2. The van der Waals surface area contributed by atoms with E-state index in [1.807, 2.05) is 38.1 Å². The molecule has 2 aromatic rings. The van der Waals surface area contributed by atoms with E-state index in [1.54, 1.807) is 0 Å². The number of carbonyl (C=O) groups excluding carboxylic acids is 1. The summed E-state index contributed by atoms with van der Waals surface area (Å²) in [6.45, 7) is 4.04. The van der Waals surface area contributed by atoms with Gasteiger partial charge >= 0.3 is 0 Å². The van der Waals surface area contributed by atoms with E-state index in [1.165, 1.54) is 0 Å². The molecule has 1 aromatic heterocycles. The molecule has 2 heterocycles. The topological polar surface area (TPSA) is 44.9 Å². The second kappa shape index (κ2) is 4.38. The molecule has 96 valence electrons. The molecular weight excluding hydrogens is 304 g/mol. The summed E-state index contributed by atoms with van der Waals surface area (Å²) in [7, 11) is 0. The van der Waals surface area contributed by atoms with Crippen LogP contribution in [0.4, 0.5) is 5.69 Å². The van der Waals surface area contributed by atoms with Crippen molar-refractivity contribution in [1.82, 2.24) is 4.98 Å². The molecule has 2 N–H and O–H groups in total. The summed E-state index contributed by atoms with van der Waals surface area (Å²) in [5.74, 6) is -0.0558. The lowest BCUT2D eigenvalue weighted by molar-refractivity contribution is -0.110. The molecule has 1 aliphatic rings. The standard InChI is InChI=1S/C15H13BrN2O/c1-8-5-9(2)17-14(8)7-12-11-6-10(16)3-4-13(11)18-15(12)19/h3-7,17H,1-2H3,(H,18,19). The summed E-state index contributed by atoms with van der Waals surface area (Å²) in [5.41, 5.74) is 5.71. The molecule has 3 rings (SSSR count). The molecule has 0 radical (unpaired) electrons. The molecule has 0 saturated heterocycles. The maximum Gasteiger partial charge on any atom is 0.256 e. The van der Waals surface area contributed by atoms with Crippen molar-refractivity contribution in [2.24, 2.45) is 0 Å². The van der Waals surface area contributed by atoms with Crippen LogP contribution in [0.2, 0.25) is 0 Å². The van der Waals surface area contributed by atoms with Crippen molar-refractivity contribution in [3.8, 4) is 0 Å². The Morgan fingerprint density at radius 3 is 2.68 bits per heavy atom. The molecule has 0 aliphatic carbocycles. The van der Waals surface area contributed by atoms with Crippen LogP contribution in [0.15, 0.2) is 28.7 Å². The normalized spacial score (nSPS) is 15.7. The number of aromatic nitrogens is 1. The van der Waals surface area contributed by atoms with Gasteiger partial charge in [-0.2, -0.15) is 0 Å². The lowest BCUT2D eigenvalue weighted by atomic mass is 10.1. The van der Waals surface area contributed by atoms with Gasteiger partial charge in [-0.3, -0.25) is 4.79 Å². The molecule has 0 bridgehead atoms. The fourth-order valence-electron chi connectivity index (χ4n) is 2.35. The van der Waals surface area contributed by atoms with Gasteiger partial charge < -0.3 is 10.3 Å². The Labute approximate surface area is 119 Å². The molecular formula is C15H13BrN2O.